The van der Waals surface area contributed by atoms with E-state index in [9.17, 15) is 14.4 Å². The molecule has 0 amide bonds. The van der Waals surface area contributed by atoms with E-state index in [4.69, 9.17) is 24.2 Å². The lowest BCUT2D eigenvalue weighted by Crippen LogP contribution is -2.40. The van der Waals surface area contributed by atoms with Gasteiger partial charge in [-0.2, -0.15) is 5.26 Å². The molecule has 1 aliphatic heterocycles. The van der Waals surface area contributed by atoms with Gasteiger partial charge in [-0.25, -0.2) is 4.98 Å². The minimum absolute atomic E-state index is 0.0820. The predicted molar refractivity (Wildman–Crippen MR) is 78.3 cm³/mol. The fourth-order valence-electron chi connectivity index (χ4n) is 2.43. The van der Waals surface area contributed by atoms with Gasteiger partial charge in [0.05, 0.1) is 24.5 Å². The van der Waals surface area contributed by atoms with Gasteiger partial charge in [0.25, 0.3) is 0 Å². The Morgan fingerprint density at radius 2 is 1.76 bits per heavy atom. The van der Waals surface area contributed by atoms with E-state index in [1.165, 1.54) is 37.9 Å². The topological polar surface area (TPSA) is 130 Å². The van der Waals surface area contributed by atoms with Gasteiger partial charge >= 0.3 is 17.9 Å². The fourth-order valence-corrected chi connectivity index (χ4v) is 2.43. The molecular formula is C15H17N3O7. The average Bonchev–Trinajstić information content (AvgIpc) is 3.06. The van der Waals surface area contributed by atoms with Crippen molar-refractivity contribution >= 4 is 17.9 Å². The molecule has 2 rings (SSSR count). The molecule has 0 radical (unpaired) electrons. The molecule has 1 fully saturated rings. The van der Waals surface area contributed by atoms with Crippen molar-refractivity contribution in [3.05, 3.63) is 18.2 Å². The predicted octanol–water partition coefficient (Wildman–Crippen LogP) is 0.231. The summed E-state index contributed by atoms with van der Waals surface area (Å²) < 4.78 is 22.5. The van der Waals surface area contributed by atoms with Crippen LogP contribution in [-0.2, 0) is 39.8 Å². The number of aromatic nitrogens is 2. The molecule has 1 unspecified atom stereocenters. The summed E-state index contributed by atoms with van der Waals surface area (Å²) >= 11 is 0. The molecule has 10 nitrogen and oxygen atoms in total. The van der Waals surface area contributed by atoms with E-state index < -0.39 is 42.6 Å². The lowest BCUT2D eigenvalue weighted by atomic mass is 10.2. The first-order chi connectivity index (χ1) is 11.8. The first kappa shape index (κ1) is 18.4. The Morgan fingerprint density at radius 1 is 1.16 bits per heavy atom. The SMILES string of the molecule is CC(=O)OC1[C@@H](OC(C)=O)[C@@H](OC(C)=O)O[C@H]1n1cnc(CC#N)c1. The molecule has 134 valence electrons. The molecule has 25 heavy (non-hydrogen) atoms. The molecule has 0 aliphatic carbocycles. The second-order valence-corrected chi connectivity index (χ2v) is 5.30. The highest BCUT2D eigenvalue weighted by Gasteiger charge is 2.52. The fraction of sp³-hybridized carbons (Fsp3) is 0.533. The quantitative estimate of drug-likeness (QED) is 0.540. The second kappa shape index (κ2) is 7.76. The third-order valence-corrected chi connectivity index (χ3v) is 3.24. The Balaban J connectivity index is 2.34. The number of hydrogen-bond donors (Lipinski definition) is 0. The molecule has 4 atom stereocenters. The molecule has 10 heteroatoms. The van der Waals surface area contributed by atoms with Crippen LogP contribution in [0.5, 0.6) is 0 Å². The number of hydrogen-bond acceptors (Lipinski definition) is 9. The zero-order valence-corrected chi connectivity index (χ0v) is 13.9. The molecule has 0 aromatic carbocycles. The van der Waals surface area contributed by atoms with Gasteiger partial charge in [-0.05, 0) is 0 Å². The molecule has 1 aromatic heterocycles. The highest BCUT2D eigenvalue weighted by molar-refractivity contribution is 5.68. The van der Waals surface area contributed by atoms with Crippen LogP contribution in [0.25, 0.3) is 0 Å². The summed E-state index contributed by atoms with van der Waals surface area (Å²) in [6, 6.07) is 1.96. The zero-order chi connectivity index (χ0) is 18.6. The number of rotatable bonds is 5. The van der Waals surface area contributed by atoms with Gasteiger partial charge in [-0.15, -0.1) is 0 Å². The van der Waals surface area contributed by atoms with Gasteiger partial charge in [0.2, 0.25) is 12.4 Å². The number of carbonyl (C=O) groups is 3. The second-order valence-electron chi connectivity index (χ2n) is 5.30. The summed E-state index contributed by atoms with van der Waals surface area (Å²) in [5.74, 6) is -1.93. The lowest BCUT2D eigenvalue weighted by molar-refractivity contribution is -0.198. The first-order valence-corrected chi connectivity index (χ1v) is 7.38. The lowest BCUT2D eigenvalue weighted by Gasteiger charge is -2.23. The minimum Gasteiger partial charge on any atom is -0.453 e. The number of ether oxygens (including phenoxy) is 4. The van der Waals surface area contributed by atoms with Crippen molar-refractivity contribution in [2.45, 2.75) is 51.9 Å². The van der Waals surface area contributed by atoms with Gasteiger partial charge in [0.1, 0.15) is 0 Å². The van der Waals surface area contributed by atoms with Crippen molar-refractivity contribution in [1.82, 2.24) is 9.55 Å². The summed E-state index contributed by atoms with van der Waals surface area (Å²) in [6.45, 7) is 3.53. The summed E-state index contributed by atoms with van der Waals surface area (Å²) in [5.41, 5.74) is 0.479. The van der Waals surface area contributed by atoms with E-state index >= 15 is 0 Å². The standard InChI is InChI=1S/C15H17N3O7/c1-8(19)22-12-13(23-9(2)20)15(24-10(3)21)25-14(12)18-6-11(4-5-16)17-7-18/h6-7,12-15H,4H2,1-3H3/t12?,13-,14-,15+/m1/s1. The Morgan fingerprint density at radius 3 is 2.32 bits per heavy atom. The van der Waals surface area contributed by atoms with Gasteiger partial charge in [0, 0.05) is 27.0 Å². The van der Waals surface area contributed by atoms with Crippen LogP contribution in [0.1, 0.15) is 32.7 Å². The van der Waals surface area contributed by atoms with Crippen molar-refractivity contribution in [3.8, 4) is 6.07 Å². The maximum atomic E-state index is 11.5. The Hall–Kier alpha value is -2.93. The molecule has 0 spiro atoms. The summed E-state index contributed by atoms with van der Waals surface area (Å²) in [6.07, 6.45) is -1.40. The van der Waals surface area contributed by atoms with Gasteiger partial charge in [-0.3, -0.25) is 14.4 Å². The highest BCUT2D eigenvalue weighted by atomic mass is 16.8. The molecule has 1 aliphatic rings. The number of nitrogens with zero attached hydrogens (tertiary/aromatic N) is 3. The highest BCUT2D eigenvalue weighted by Crippen LogP contribution is 2.34. The summed E-state index contributed by atoms with van der Waals surface area (Å²) in [7, 11) is 0. The smallest absolute Gasteiger partial charge is 0.305 e. The molecule has 2 heterocycles. The largest absolute Gasteiger partial charge is 0.453 e. The molecule has 0 bridgehead atoms. The molecule has 0 saturated carbocycles. The Bertz CT molecular complexity index is 708. The molecule has 0 N–H and O–H groups in total. The third kappa shape index (κ3) is 4.54. The summed E-state index contributed by atoms with van der Waals surface area (Å²) in [5, 5.41) is 8.73. The van der Waals surface area contributed by atoms with Crippen LogP contribution >= 0.6 is 0 Å². The van der Waals surface area contributed by atoms with E-state index in [0.717, 1.165) is 0 Å². The number of esters is 3. The maximum absolute atomic E-state index is 11.5. The average molecular weight is 351 g/mol. The van der Waals surface area contributed by atoms with Crippen LogP contribution in [0.2, 0.25) is 0 Å². The van der Waals surface area contributed by atoms with Crippen molar-refractivity contribution in [2.75, 3.05) is 0 Å². The van der Waals surface area contributed by atoms with E-state index in [2.05, 4.69) is 4.98 Å². The van der Waals surface area contributed by atoms with Crippen LogP contribution in [0, 0.1) is 11.3 Å². The molecule has 1 saturated heterocycles. The summed E-state index contributed by atoms with van der Waals surface area (Å²) in [4.78, 5) is 38.2. The van der Waals surface area contributed by atoms with E-state index in [1.54, 1.807) is 0 Å². The number of nitriles is 1. The van der Waals surface area contributed by atoms with E-state index in [0.29, 0.717) is 5.69 Å². The van der Waals surface area contributed by atoms with Crippen molar-refractivity contribution in [3.63, 3.8) is 0 Å². The van der Waals surface area contributed by atoms with Crippen molar-refractivity contribution < 1.29 is 33.3 Å². The normalized spacial score (nSPS) is 25.0. The maximum Gasteiger partial charge on any atom is 0.305 e. The van der Waals surface area contributed by atoms with Crippen LogP contribution in [0.3, 0.4) is 0 Å². The Labute approximate surface area is 143 Å². The molecular weight excluding hydrogens is 334 g/mol. The van der Waals surface area contributed by atoms with Crippen molar-refractivity contribution in [2.24, 2.45) is 0 Å². The monoisotopic (exact) mass is 351 g/mol. The van der Waals surface area contributed by atoms with Gasteiger partial charge < -0.3 is 23.5 Å². The molecule has 1 aromatic rings. The first-order valence-electron chi connectivity index (χ1n) is 7.38. The number of imidazole rings is 1. The zero-order valence-electron chi connectivity index (χ0n) is 13.9. The van der Waals surface area contributed by atoms with Gasteiger partial charge in [0.15, 0.2) is 12.3 Å². The van der Waals surface area contributed by atoms with E-state index in [1.807, 2.05) is 6.07 Å². The minimum atomic E-state index is -1.25. The Kier molecular flexibility index (Phi) is 5.71. The van der Waals surface area contributed by atoms with Crippen molar-refractivity contribution in [1.29, 1.82) is 5.26 Å². The van der Waals surface area contributed by atoms with Crippen LogP contribution in [0.15, 0.2) is 12.5 Å². The van der Waals surface area contributed by atoms with Crippen LogP contribution < -0.4 is 0 Å². The number of carbonyl (C=O) groups excluding carboxylic acids is 3. The van der Waals surface area contributed by atoms with Gasteiger partial charge in [-0.1, -0.05) is 0 Å². The van der Waals surface area contributed by atoms with E-state index in [-0.39, 0.29) is 6.42 Å². The third-order valence-electron chi connectivity index (χ3n) is 3.24. The van der Waals surface area contributed by atoms with Crippen LogP contribution in [-0.4, -0.2) is 46.0 Å². The van der Waals surface area contributed by atoms with Crippen LogP contribution in [0.4, 0.5) is 0 Å².